The highest BCUT2D eigenvalue weighted by molar-refractivity contribution is 5.17. The summed E-state index contributed by atoms with van der Waals surface area (Å²) in [6, 6.07) is 3.61. The lowest BCUT2D eigenvalue weighted by Crippen LogP contribution is -2.04. The Morgan fingerprint density at radius 3 is 2.85 bits per heavy atom. The topological polar surface area (TPSA) is 48.1 Å². The van der Waals surface area contributed by atoms with E-state index in [1.807, 2.05) is 6.07 Å². The van der Waals surface area contributed by atoms with Crippen molar-refractivity contribution in [3.8, 4) is 5.88 Å². The summed E-state index contributed by atoms with van der Waals surface area (Å²) in [4.78, 5) is 3.99. The lowest BCUT2D eigenvalue weighted by molar-refractivity contribution is 0.264. The quantitative estimate of drug-likeness (QED) is 0.740. The first-order valence-corrected chi connectivity index (χ1v) is 4.20. The van der Waals surface area contributed by atoms with Crippen molar-refractivity contribution >= 4 is 0 Å². The number of nitrogens with zero attached hydrogens (tertiary/aromatic N) is 1. The standard InChI is InChI=1S/C9H13FN2O/c10-4-6-13-9-2-1-8(3-5-11)7-12-9/h1-2,7H,3-6,11H2. The van der Waals surface area contributed by atoms with Crippen LogP contribution in [-0.2, 0) is 6.42 Å². The molecule has 0 saturated carbocycles. The molecule has 0 bridgehead atoms. The van der Waals surface area contributed by atoms with Gasteiger partial charge in [0, 0.05) is 12.3 Å². The van der Waals surface area contributed by atoms with E-state index in [0.717, 1.165) is 12.0 Å². The van der Waals surface area contributed by atoms with Crippen LogP contribution in [0, 0.1) is 0 Å². The van der Waals surface area contributed by atoms with Gasteiger partial charge in [0.25, 0.3) is 0 Å². The third-order valence-corrected chi connectivity index (χ3v) is 1.56. The Labute approximate surface area is 76.7 Å². The number of rotatable bonds is 5. The fraction of sp³-hybridized carbons (Fsp3) is 0.444. The molecule has 4 heteroatoms. The van der Waals surface area contributed by atoms with Crippen LogP contribution in [0.1, 0.15) is 5.56 Å². The van der Waals surface area contributed by atoms with E-state index >= 15 is 0 Å². The normalized spacial score (nSPS) is 10.0. The highest BCUT2D eigenvalue weighted by atomic mass is 19.1. The summed E-state index contributed by atoms with van der Waals surface area (Å²) in [5.41, 5.74) is 6.44. The SMILES string of the molecule is NCCc1ccc(OCCF)nc1. The molecule has 0 amide bonds. The maximum absolute atomic E-state index is 11.7. The minimum Gasteiger partial charge on any atom is -0.475 e. The van der Waals surface area contributed by atoms with E-state index in [0.29, 0.717) is 12.4 Å². The maximum atomic E-state index is 11.7. The zero-order valence-electron chi connectivity index (χ0n) is 7.37. The van der Waals surface area contributed by atoms with Crippen LogP contribution in [0.2, 0.25) is 0 Å². The van der Waals surface area contributed by atoms with E-state index in [-0.39, 0.29) is 6.61 Å². The molecule has 0 aliphatic rings. The summed E-state index contributed by atoms with van der Waals surface area (Å²) in [6.07, 6.45) is 2.50. The Morgan fingerprint density at radius 2 is 2.31 bits per heavy atom. The molecule has 1 rings (SSSR count). The molecule has 0 fully saturated rings. The van der Waals surface area contributed by atoms with Crippen LogP contribution in [0.4, 0.5) is 4.39 Å². The van der Waals surface area contributed by atoms with Crippen molar-refractivity contribution in [3.05, 3.63) is 23.9 Å². The minimum atomic E-state index is -0.494. The fourth-order valence-electron chi connectivity index (χ4n) is 0.954. The molecule has 1 aromatic rings. The van der Waals surface area contributed by atoms with Gasteiger partial charge in [-0.2, -0.15) is 0 Å². The molecular formula is C9H13FN2O. The molecule has 3 nitrogen and oxygen atoms in total. The predicted octanol–water partition coefficient (Wildman–Crippen LogP) is 0.931. The van der Waals surface area contributed by atoms with Crippen LogP contribution in [-0.4, -0.2) is 24.8 Å². The lowest BCUT2D eigenvalue weighted by Gasteiger charge is -2.02. The van der Waals surface area contributed by atoms with Crippen molar-refractivity contribution in [2.24, 2.45) is 5.73 Å². The largest absolute Gasteiger partial charge is 0.475 e. The van der Waals surface area contributed by atoms with Crippen molar-refractivity contribution in [2.45, 2.75) is 6.42 Å². The maximum Gasteiger partial charge on any atom is 0.213 e. The summed E-state index contributed by atoms with van der Waals surface area (Å²) in [5.74, 6) is 0.457. The first kappa shape index (κ1) is 9.92. The summed E-state index contributed by atoms with van der Waals surface area (Å²) < 4.78 is 16.7. The van der Waals surface area contributed by atoms with E-state index < -0.39 is 6.67 Å². The zero-order chi connectivity index (χ0) is 9.52. The lowest BCUT2D eigenvalue weighted by atomic mass is 10.2. The van der Waals surface area contributed by atoms with Gasteiger partial charge in [-0.15, -0.1) is 0 Å². The second-order valence-corrected chi connectivity index (χ2v) is 2.58. The molecule has 2 N–H and O–H groups in total. The first-order chi connectivity index (χ1) is 6.36. The van der Waals surface area contributed by atoms with Gasteiger partial charge in [0.05, 0.1) is 0 Å². The fourth-order valence-corrected chi connectivity index (χ4v) is 0.954. The van der Waals surface area contributed by atoms with Crippen LogP contribution in [0.15, 0.2) is 18.3 Å². The summed E-state index contributed by atoms with van der Waals surface area (Å²) in [5, 5.41) is 0. The van der Waals surface area contributed by atoms with Crippen LogP contribution in [0.3, 0.4) is 0 Å². The van der Waals surface area contributed by atoms with Gasteiger partial charge in [-0.25, -0.2) is 9.37 Å². The molecule has 0 unspecified atom stereocenters. The molecule has 0 aliphatic carbocycles. The number of nitrogens with two attached hydrogens (primary N) is 1. The summed E-state index contributed by atoms with van der Waals surface area (Å²) in [7, 11) is 0. The average molecular weight is 184 g/mol. The molecule has 1 aromatic heterocycles. The smallest absolute Gasteiger partial charge is 0.213 e. The molecule has 0 radical (unpaired) electrons. The van der Waals surface area contributed by atoms with Gasteiger partial charge >= 0.3 is 0 Å². The van der Waals surface area contributed by atoms with Gasteiger partial charge in [-0.3, -0.25) is 0 Å². The molecule has 1 heterocycles. The van der Waals surface area contributed by atoms with Crippen LogP contribution < -0.4 is 10.5 Å². The monoisotopic (exact) mass is 184 g/mol. The van der Waals surface area contributed by atoms with Crippen molar-refractivity contribution in [1.29, 1.82) is 0 Å². The second kappa shape index (κ2) is 5.48. The van der Waals surface area contributed by atoms with Crippen molar-refractivity contribution in [3.63, 3.8) is 0 Å². The molecular weight excluding hydrogens is 171 g/mol. The Kier molecular flexibility index (Phi) is 4.18. The van der Waals surface area contributed by atoms with Gasteiger partial charge < -0.3 is 10.5 Å². The molecule has 0 aliphatic heterocycles. The van der Waals surface area contributed by atoms with Gasteiger partial charge in [-0.1, -0.05) is 6.07 Å². The van der Waals surface area contributed by atoms with Gasteiger partial charge in [-0.05, 0) is 18.5 Å². The molecule has 0 saturated heterocycles. The number of aromatic nitrogens is 1. The second-order valence-electron chi connectivity index (χ2n) is 2.58. The Balaban J connectivity index is 2.48. The zero-order valence-corrected chi connectivity index (χ0v) is 7.37. The first-order valence-electron chi connectivity index (χ1n) is 4.20. The van der Waals surface area contributed by atoms with Crippen LogP contribution in [0.5, 0.6) is 5.88 Å². The predicted molar refractivity (Wildman–Crippen MR) is 48.5 cm³/mol. The third-order valence-electron chi connectivity index (χ3n) is 1.56. The Bertz CT molecular complexity index is 238. The van der Waals surface area contributed by atoms with Gasteiger partial charge in [0.2, 0.25) is 5.88 Å². The number of pyridine rings is 1. The van der Waals surface area contributed by atoms with Crippen LogP contribution in [0.25, 0.3) is 0 Å². The highest BCUT2D eigenvalue weighted by Crippen LogP contribution is 2.07. The Hall–Kier alpha value is -1.16. The number of ether oxygens (including phenoxy) is 1. The molecule has 72 valence electrons. The molecule has 0 atom stereocenters. The summed E-state index contributed by atoms with van der Waals surface area (Å²) in [6.45, 7) is 0.168. The molecule has 0 aromatic carbocycles. The van der Waals surface area contributed by atoms with E-state index in [1.165, 1.54) is 0 Å². The van der Waals surface area contributed by atoms with Crippen LogP contribution >= 0.6 is 0 Å². The van der Waals surface area contributed by atoms with Crippen molar-refractivity contribution in [2.75, 3.05) is 19.8 Å². The van der Waals surface area contributed by atoms with Gasteiger partial charge in [0.1, 0.15) is 13.3 Å². The molecule has 13 heavy (non-hydrogen) atoms. The summed E-state index contributed by atoms with van der Waals surface area (Å²) >= 11 is 0. The minimum absolute atomic E-state index is 0.0588. The van der Waals surface area contributed by atoms with E-state index in [2.05, 4.69) is 4.98 Å². The van der Waals surface area contributed by atoms with Crippen molar-refractivity contribution < 1.29 is 9.13 Å². The van der Waals surface area contributed by atoms with E-state index in [9.17, 15) is 4.39 Å². The highest BCUT2D eigenvalue weighted by Gasteiger charge is 1.95. The number of hydrogen-bond acceptors (Lipinski definition) is 3. The van der Waals surface area contributed by atoms with E-state index in [4.69, 9.17) is 10.5 Å². The van der Waals surface area contributed by atoms with Gasteiger partial charge in [0.15, 0.2) is 0 Å². The number of alkyl halides is 1. The molecule has 0 spiro atoms. The number of hydrogen-bond donors (Lipinski definition) is 1. The van der Waals surface area contributed by atoms with Crippen molar-refractivity contribution in [1.82, 2.24) is 4.98 Å². The Morgan fingerprint density at radius 1 is 1.46 bits per heavy atom. The number of halogens is 1. The van der Waals surface area contributed by atoms with E-state index in [1.54, 1.807) is 12.3 Å². The average Bonchev–Trinajstić information content (AvgIpc) is 2.17. The third kappa shape index (κ3) is 3.38.